The van der Waals surface area contributed by atoms with E-state index in [0.717, 1.165) is 11.1 Å². The monoisotopic (exact) mass is 303 g/mol. The molecule has 0 aliphatic carbocycles. The van der Waals surface area contributed by atoms with Crippen LogP contribution in [0.4, 0.5) is 0 Å². The second-order valence-corrected chi connectivity index (χ2v) is 4.63. The predicted octanol–water partition coefficient (Wildman–Crippen LogP) is 2.60. The van der Waals surface area contributed by atoms with E-state index in [9.17, 15) is 4.79 Å². The van der Waals surface area contributed by atoms with Crippen molar-refractivity contribution in [1.82, 2.24) is 5.32 Å². The van der Waals surface area contributed by atoms with Crippen molar-refractivity contribution in [3.05, 3.63) is 58.5 Å². The predicted molar refractivity (Wildman–Crippen MR) is 79.9 cm³/mol. The molecule has 0 saturated heterocycles. The van der Waals surface area contributed by atoms with E-state index >= 15 is 0 Å². The molecular weight excluding hydrogens is 290 g/mol. The summed E-state index contributed by atoms with van der Waals surface area (Å²) in [6.45, 7) is 0.454. The summed E-state index contributed by atoms with van der Waals surface area (Å²) in [5, 5.41) is 11.6. The molecule has 0 aliphatic rings. The van der Waals surface area contributed by atoms with Crippen molar-refractivity contribution in [1.29, 1.82) is 0 Å². The standard InChI is InChI=1S/C16H14ClNO3/c17-15-9-8-14(21-15)16(20)18-11-13-6-4-12(5-7-13)3-1-2-10-19/h4-9,19H,2,10-11H2,(H,18,20). The zero-order valence-electron chi connectivity index (χ0n) is 11.2. The lowest BCUT2D eigenvalue weighted by Gasteiger charge is -2.03. The van der Waals surface area contributed by atoms with Crippen LogP contribution in [-0.2, 0) is 6.54 Å². The van der Waals surface area contributed by atoms with Crippen LogP contribution < -0.4 is 5.32 Å². The molecule has 21 heavy (non-hydrogen) atoms. The largest absolute Gasteiger partial charge is 0.440 e. The van der Waals surface area contributed by atoms with Gasteiger partial charge in [0.05, 0.1) is 6.61 Å². The molecule has 0 radical (unpaired) electrons. The number of aliphatic hydroxyl groups excluding tert-OH is 1. The summed E-state index contributed by atoms with van der Waals surface area (Å²) < 4.78 is 5.02. The maximum Gasteiger partial charge on any atom is 0.287 e. The van der Waals surface area contributed by atoms with Gasteiger partial charge in [-0.1, -0.05) is 24.0 Å². The molecule has 2 N–H and O–H groups in total. The van der Waals surface area contributed by atoms with Crippen LogP contribution >= 0.6 is 11.6 Å². The number of carbonyl (C=O) groups is 1. The molecule has 108 valence electrons. The minimum Gasteiger partial charge on any atom is -0.440 e. The number of rotatable bonds is 4. The van der Waals surface area contributed by atoms with Gasteiger partial charge in [0.25, 0.3) is 5.91 Å². The summed E-state index contributed by atoms with van der Waals surface area (Å²) in [7, 11) is 0. The van der Waals surface area contributed by atoms with Crippen LogP contribution in [0.25, 0.3) is 0 Å². The van der Waals surface area contributed by atoms with Crippen molar-refractivity contribution in [2.24, 2.45) is 0 Å². The van der Waals surface area contributed by atoms with Gasteiger partial charge >= 0.3 is 0 Å². The molecule has 1 heterocycles. The van der Waals surface area contributed by atoms with Gasteiger partial charge in [0.1, 0.15) is 0 Å². The molecule has 1 amide bonds. The molecule has 1 aromatic carbocycles. The quantitative estimate of drug-likeness (QED) is 0.853. The Morgan fingerprint density at radius 3 is 2.62 bits per heavy atom. The fourth-order valence-corrected chi connectivity index (χ4v) is 1.78. The normalized spacial score (nSPS) is 9.81. The number of halogens is 1. The second-order valence-electron chi connectivity index (χ2n) is 4.26. The average Bonchev–Trinajstić information content (AvgIpc) is 2.93. The summed E-state index contributed by atoms with van der Waals surface area (Å²) in [6, 6.07) is 10.6. The first-order chi connectivity index (χ1) is 10.2. The van der Waals surface area contributed by atoms with Crippen molar-refractivity contribution >= 4 is 17.5 Å². The highest BCUT2D eigenvalue weighted by Crippen LogP contribution is 2.13. The van der Waals surface area contributed by atoms with Crippen LogP contribution in [0, 0.1) is 11.8 Å². The Bertz CT molecular complexity index is 665. The van der Waals surface area contributed by atoms with E-state index in [1.54, 1.807) is 0 Å². The fraction of sp³-hybridized carbons (Fsp3) is 0.188. The van der Waals surface area contributed by atoms with E-state index < -0.39 is 0 Å². The lowest BCUT2D eigenvalue weighted by Crippen LogP contribution is -2.22. The molecule has 0 unspecified atom stereocenters. The Morgan fingerprint density at radius 1 is 1.24 bits per heavy atom. The van der Waals surface area contributed by atoms with Crippen molar-refractivity contribution < 1.29 is 14.3 Å². The van der Waals surface area contributed by atoms with Gasteiger partial charge in [0, 0.05) is 18.5 Å². The van der Waals surface area contributed by atoms with Crippen molar-refractivity contribution in [2.45, 2.75) is 13.0 Å². The van der Waals surface area contributed by atoms with E-state index in [1.165, 1.54) is 12.1 Å². The lowest BCUT2D eigenvalue weighted by molar-refractivity contribution is 0.0923. The first-order valence-electron chi connectivity index (χ1n) is 6.41. The Balaban J connectivity index is 1.89. The average molecular weight is 304 g/mol. The first kappa shape index (κ1) is 15.2. The summed E-state index contributed by atoms with van der Waals surface area (Å²) >= 11 is 5.62. The van der Waals surface area contributed by atoms with E-state index in [4.69, 9.17) is 21.1 Å². The molecule has 2 rings (SSSR count). The second kappa shape index (κ2) is 7.53. The van der Waals surface area contributed by atoms with Gasteiger partial charge in [-0.15, -0.1) is 0 Å². The van der Waals surface area contributed by atoms with Crippen LogP contribution in [0.3, 0.4) is 0 Å². The fourth-order valence-electron chi connectivity index (χ4n) is 1.63. The Hall–Kier alpha value is -2.22. The number of amides is 1. The van der Waals surface area contributed by atoms with Crippen LogP contribution in [0.2, 0.25) is 5.22 Å². The number of carbonyl (C=O) groups excluding carboxylic acids is 1. The van der Waals surface area contributed by atoms with Crippen LogP contribution in [0.15, 0.2) is 40.8 Å². The number of benzene rings is 1. The minimum absolute atomic E-state index is 0.0634. The van der Waals surface area contributed by atoms with E-state index in [2.05, 4.69) is 17.2 Å². The van der Waals surface area contributed by atoms with Crippen molar-refractivity contribution in [3.8, 4) is 11.8 Å². The SMILES string of the molecule is O=C(NCc1ccc(C#CCCO)cc1)c1ccc(Cl)o1. The third-order valence-corrected chi connectivity index (χ3v) is 2.88. The molecule has 0 saturated carbocycles. The molecular formula is C16H14ClNO3. The highest BCUT2D eigenvalue weighted by molar-refractivity contribution is 6.29. The molecule has 0 fully saturated rings. The van der Waals surface area contributed by atoms with Gasteiger partial charge in [-0.05, 0) is 41.4 Å². The summed E-state index contributed by atoms with van der Waals surface area (Å²) in [5.74, 6) is 5.66. The zero-order chi connectivity index (χ0) is 15.1. The lowest BCUT2D eigenvalue weighted by atomic mass is 10.1. The Kier molecular flexibility index (Phi) is 5.44. The van der Waals surface area contributed by atoms with Gasteiger partial charge in [-0.25, -0.2) is 0 Å². The number of furan rings is 1. The number of hydrogen-bond donors (Lipinski definition) is 2. The maximum absolute atomic E-state index is 11.8. The molecule has 0 atom stereocenters. The summed E-state index contributed by atoms with van der Waals surface area (Å²) in [6.07, 6.45) is 0.462. The van der Waals surface area contributed by atoms with Gasteiger partial charge in [-0.2, -0.15) is 0 Å². The molecule has 2 aromatic rings. The van der Waals surface area contributed by atoms with Gasteiger partial charge in [0.15, 0.2) is 11.0 Å². The van der Waals surface area contributed by atoms with Crippen LogP contribution in [0.5, 0.6) is 0 Å². The number of aliphatic hydroxyl groups is 1. The highest BCUT2D eigenvalue weighted by atomic mass is 35.5. The summed E-state index contributed by atoms with van der Waals surface area (Å²) in [5.41, 5.74) is 1.82. The van der Waals surface area contributed by atoms with E-state index in [1.807, 2.05) is 24.3 Å². The maximum atomic E-state index is 11.8. The van der Waals surface area contributed by atoms with E-state index in [0.29, 0.717) is 13.0 Å². The molecule has 0 bridgehead atoms. The first-order valence-corrected chi connectivity index (χ1v) is 6.79. The van der Waals surface area contributed by atoms with E-state index in [-0.39, 0.29) is 23.5 Å². The number of hydrogen-bond acceptors (Lipinski definition) is 3. The van der Waals surface area contributed by atoms with Gasteiger partial charge < -0.3 is 14.8 Å². The topological polar surface area (TPSA) is 62.5 Å². The molecule has 1 aromatic heterocycles. The smallest absolute Gasteiger partial charge is 0.287 e. The number of nitrogens with one attached hydrogen (secondary N) is 1. The third-order valence-electron chi connectivity index (χ3n) is 2.67. The van der Waals surface area contributed by atoms with Crippen molar-refractivity contribution in [2.75, 3.05) is 6.61 Å². The molecule has 0 aliphatic heterocycles. The summed E-state index contributed by atoms with van der Waals surface area (Å²) in [4.78, 5) is 11.8. The minimum atomic E-state index is -0.311. The van der Waals surface area contributed by atoms with Crippen LogP contribution in [-0.4, -0.2) is 17.6 Å². The molecule has 4 nitrogen and oxygen atoms in total. The molecule has 5 heteroatoms. The molecule has 0 spiro atoms. The Labute approximate surface area is 127 Å². The van der Waals surface area contributed by atoms with Crippen molar-refractivity contribution in [3.63, 3.8) is 0 Å². The Morgan fingerprint density at radius 2 is 2.00 bits per heavy atom. The van der Waals surface area contributed by atoms with Gasteiger partial charge in [0.2, 0.25) is 0 Å². The van der Waals surface area contributed by atoms with Crippen LogP contribution in [0.1, 0.15) is 28.1 Å². The van der Waals surface area contributed by atoms with Gasteiger partial charge in [-0.3, -0.25) is 4.79 Å². The third kappa shape index (κ3) is 4.67. The zero-order valence-corrected chi connectivity index (χ0v) is 12.0. The highest BCUT2D eigenvalue weighted by Gasteiger charge is 2.09.